The Bertz CT molecular complexity index is 690. The molecule has 2 heteroatoms. The minimum absolute atomic E-state index is 0. The Morgan fingerprint density at radius 3 is 1.57 bits per heavy atom. The third kappa shape index (κ3) is 3.35. The lowest BCUT2D eigenvalue weighted by Crippen LogP contribution is -1.95. The van der Waals surface area contributed by atoms with E-state index >= 15 is 0 Å². The summed E-state index contributed by atoms with van der Waals surface area (Å²) < 4.78 is 0. The average molecular weight is 293 g/mol. The van der Waals surface area contributed by atoms with Crippen LogP contribution in [0.2, 0.25) is 0 Å². The molecule has 0 spiro atoms. The van der Waals surface area contributed by atoms with Crippen molar-refractivity contribution in [2.45, 2.75) is 6.54 Å². The molecule has 106 valence electrons. The van der Waals surface area contributed by atoms with Crippen molar-refractivity contribution in [1.29, 1.82) is 0 Å². The molecule has 1 nitrogen and oxygen atoms in total. The van der Waals surface area contributed by atoms with Crippen LogP contribution in [-0.2, 0) is 6.54 Å². The maximum absolute atomic E-state index is 5.66. The van der Waals surface area contributed by atoms with Gasteiger partial charge in [0.15, 0.2) is 0 Å². The number of hydrogen-bond acceptors (Lipinski definition) is 1. The zero-order valence-corrected chi connectivity index (χ0v) is 12.8. The van der Waals surface area contributed by atoms with Crippen LogP contribution in [0.5, 0.6) is 0 Å². The molecule has 0 saturated heterocycles. The summed E-state index contributed by atoms with van der Waals surface area (Å²) >= 11 is 0. The Balaban J connectivity index is 0.00000161. The Labute approximate surface area is 132 Å². The van der Waals surface area contributed by atoms with E-state index in [9.17, 15) is 0 Å². The maximum atomic E-state index is 5.66. The van der Waals surface area contributed by atoms with E-state index in [1.165, 1.54) is 22.3 Å². The zero-order valence-electron chi connectivity index (χ0n) is 11.8. The Hall–Kier alpha value is -2.03. The van der Waals surface area contributed by atoms with Crippen LogP contribution in [0.15, 0.2) is 78.9 Å². The summed E-state index contributed by atoms with van der Waals surface area (Å²) in [5.74, 6) is 0. The second-order valence-corrected chi connectivity index (χ2v) is 4.81. The molecule has 0 amide bonds. The molecule has 0 aliphatic rings. The van der Waals surface area contributed by atoms with Crippen LogP contribution in [0, 0.1) is 0 Å². The molecule has 0 atom stereocenters. The molecule has 21 heavy (non-hydrogen) atoms. The third-order valence-electron chi connectivity index (χ3n) is 3.51. The lowest BCUT2D eigenvalue weighted by molar-refractivity contribution is 1.07. The van der Waals surface area contributed by atoms with E-state index < -0.39 is 0 Å². The van der Waals surface area contributed by atoms with Gasteiger partial charge in [-0.25, -0.2) is 0 Å². The lowest BCUT2D eigenvalue weighted by atomic mass is 9.94. The van der Waals surface area contributed by atoms with Crippen molar-refractivity contribution in [3.63, 3.8) is 0 Å². The van der Waals surface area contributed by atoms with Gasteiger partial charge in [0.1, 0.15) is 0 Å². The maximum Gasteiger partial charge on any atom is 0.0178 e. The van der Waals surface area contributed by atoms with E-state index in [0.29, 0.717) is 6.54 Å². The molecule has 0 unspecified atom stereocenters. The van der Waals surface area contributed by atoms with Gasteiger partial charge in [0.05, 0.1) is 0 Å². The van der Waals surface area contributed by atoms with E-state index in [4.69, 9.17) is 5.73 Å². The van der Waals surface area contributed by atoms with E-state index in [1.807, 2.05) is 6.07 Å². The van der Waals surface area contributed by atoms with Crippen LogP contribution in [0.3, 0.4) is 0 Å². The molecule has 0 bridgehead atoms. The molecule has 0 saturated carbocycles. The molecule has 0 fully saturated rings. The summed E-state index contributed by atoms with van der Waals surface area (Å²) in [6.07, 6.45) is 0. The average Bonchev–Trinajstić information content (AvgIpc) is 2.56. The second-order valence-electron chi connectivity index (χ2n) is 4.81. The van der Waals surface area contributed by atoms with Crippen molar-refractivity contribution in [3.05, 3.63) is 84.4 Å². The fourth-order valence-electron chi connectivity index (χ4n) is 2.42. The number of benzene rings is 3. The summed E-state index contributed by atoms with van der Waals surface area (Å²) in [6, 6.07) is 27.5. The Kier molecular flexibility index (Phi) is 5.20. The van der Waals surface area contributed by atoms with Crippen LogP contribution in [0.4, 0.5) is 0 Å². The Morgan fingerprint density at radius 2 is 1.05 bits per heavy atom. The summed E-state index contributed by atoms with van der Waals surface area (Å²) in [6.45, 7) is 0.584. The highest BCUT2D eigenvalue weighted by Gasteiger charge is 2.06. The van der Waals surface area contributed by atoms with Crippen molar-refractivity contribution in [1.82, 2.24) is 0 Å². The first-order valence-corrected chi connectivity index (χ1v) is 6.82. The number of nitrogens with two attached hydrogens (primary N) is 1. The molecule has 3 aromatic carbocycles. The lowest BCUT2D eigenvalue weighted by Gasteiger charge is -2.10. The topological polar surface area (TPSA) is 26.0 Å². The predicted octanol–water partition coefficient (Wildman–Crippen LogP) is 4.59. The molecule has 0 aromatic heterocycles. The standard InChI is InChI=1S/C19H17N.H2S/c20-14-15-10-12-17(13-11-15)19-9-5-4-8-18(19)16-6-2-1-3-7-16;/h1-13H,14,20H2;1H2. The smallest absolute Gasteiger partial charge is 0.0178 e. The van der Waals surface area contributed by atoms with Gasteiger partial charge in [0.2, 0.25) is 0 Å². The van der Waals surface area contributed by atoms with Crippen LogP contribution in [-0.4, -0.2) is 0 Å². The van der Waals surface area contributed by atoms with Crippen LogP contribution >= 0.6 is 13.5 Å². The van der Waals surface area contributed by atoms with Gasteiger partial charge < -0.3 is 5.73 Å². The monoisotopic (exact) mass is 293 g/mol. The molecule has 2 N–H and O–H groups in total. The first-order valence-electron chi connectivity index (χ1n) is 6.82. The number of hydrogen-bond donors (Lipinski definition) is 1. The molecule has 3 aromatic rings. The van der Waals surface area contributed by atoms with Gasteiger partial charge >= 0.3 is 0 Å². The SMILES string of the molecule is NCc1ccc(-c2ccccc2-c2ccccc2)cc1.S. The van der Waals surface area contributed by atoms with Crippen molar-refractivity contribution in [2.75, 3.05) is 0 Å². The van der Waals surface area contributed by atoms with Crippen molar-refractivity contribution in [3.8, 4) is 22.3 Å². The zero-order chi connectivity index (χ0) is 13.8. The first kappa shape index (κ1) is 15.4. The molecule has 0 radical (unpaired) electrons. The van der Waals surface area contributed by atoms with E-state index in [2.05, 4.69) is 72.8 Å². The minimum atomic E-state index is 0. The predicted molar refractivity (Wildman–Crippen MR) is 95.6 cm³/mol. The van der Waals surface area contributed by atoms with Gasteiger partial charge in [-0.3, -0.25) is 0 Å². The highest BCUT2D eigenvalue weighted by Crippen LogP contribution is 2.31. The summed E-state index contributed by atoms with van der Waals surface area (Å²) in [4.78, 5) is 0. The van der Waals surface area contributed by atoms with Crippen molar-refractivity contribution >= 4 is 13.5 Å². The molecule has 0 aliphatic heterocycles. The highest BCUT2D eigenvalue weighted by molar-refractivity contribution is 7.59. The second kappa shape index (κ2) is 7.11. The Morgan fingerprint density at radius 1 is 0.571 bits per heavy atom. The fourth-order valence-corrected chi connectivity index (χ4v) is 2.42. The molecule has 0 heterocycles. The quantitative estimate of drug-likeness (QED) is 0.751. The summed E-state index contributed by atoms with van der Waals surface area (Å²) in [5, 5.41) is 0. The first-order chi connectivity index (χ1) is 9.88. The molecular formula is C19H19NS. The largest absolute Gasteiger partial charge is 0.326 e. The minimum Gasteiger partial charge on any atom is -0.326 e. The van der Waals surface area contributed by atoms with Gasteiger partial charge in [-0.2, -0.15) is 13.5 Å². The van der Waals surface area contributed by atoms with Crippen LogP contribution in [0.1, 0.15) is 5.56 Å². The summed E-state index contributed by atoms with van der Waals surface area (Å²) in [5.41, 5.74) is 11.8. The van der Waals surface area contributed by atoms with E-state index in [-0.39, 0.29) is 13.5 Å². The highest BCUT2D eigenvalue weighted by atomic mass is 32.1. The van der Waals surface area contributed by atoms with Gasteiger partial charge in [0.25, 0.3) is 0 Å². The van der Waals surface area contributed by atoms with Crippen molar-refractivity contribution < 1.29 is 0 Å². The normalized spacial score (nSPS) is 9.95. The van der Waals surface area contributed by atoms with E-state index in [0.717, 1.165) is 5.56 Å². The van der Waals surface area contributed by atoms with Gasteiger partial charge in [0, 0.05) is 6.54 Å². The van der Waals surface area contributed by atoms with E-state index in [1.54, 1.807) is 0 Å². The van der Waals surface area contributed by atoms with Crippen molar-refractivity contribution in [2.24, 2.45) is 5.73 Å². The number of rotatable bonds is 3. The van der Waals surface area contributed by atoms with Crippen LogP contribution in [0.25, 0.3) is 22.3 Å². The van der Waals surface area contributed by atoms with Gasteiger partial charge in [-0.15, -0.1) is 0 Å². The summed E-state index contributed by atoms with van der Waals surface area (Å²) in [7, 11) is 0. The van der Waals surface area contributed by atoms with Crippen LogP contribution < -0.4 is 5.73 Å². The fraction of sp³-hybridized carbons (Fsp3) is 0.0526. The molecule has 3 rings (SSSR count). The molecular weight excluding hydrogens is 274 g/mol. The van der Waals surface area contributed by atoms with Gasteiger partial charge in [-0.1, -0.05) is 78.9 Å². The van der Waals surface area contributed by atoms with Gasteiger partial charge in [-0.05, 0) is 27.8 Å². The third-order valence-corrected chi connectivity index (χ3v) is 3.51. The molecule has 0 aliphatic carbocycles.